The number of nitrogens with one attached hydrogen (secondary N) is 1. The summed E-state index contributed by atoms with van der Waals surface area (Å²) >= 11 is 0. The van der Waals surface area contributed by atoms with Crippen LogP contribution in [0.4, 0.5) is 0 Å². The fourth-order valence-corrected chi connectivity index (χ4v) is 1.11. The van der Waals surface area contributed by atoms with E-state index in [9.17, 15) is 0 Å². The molecule has 0 aromatic rings. The highest BCUT2D eigenvalue weighted by Gasteiger charge is 1.89. The summed E-state index contributed by atoms with van der Waals surface area (Å²) in [6.45, 7) is 4.83. The predicted octanol–water partition coefficient (Wildman–Crippen LogP) is 2.36. The Hall–Kier alpha value is -0.340. The number of rotatable bonds is 9. The van der Waals surface area contributed by atoms with Gasteiger partial charge in [0.25, 0.3) is 0 Å². The van der Waals surface area contributed by atoms with Crippen molar-refractivity contribution in [1.29, 1.82) is 0 Å². The molecule has 0 saturated heterocycles. The van der Waals surface area contributed by atoms with Crippen molar-refractivity contribution in [3.05, 3.63) is 12.2 Å². The summed E-state index contributed by atoms with van der Waals surface area (Å²) in [5.41, 5.74) is 0. The molecule has 0 aromatic heterocycles. The van der Waals surface area contributed by atoms with Gasteiger partial charge in [-0.25, -0.2) is 0 Å². The standard InChI is InChI=1S/C11H23NO/c1-3-4-10-13-11-8-6-5-7-9-12-2/h3-4,12H,5-11H2,1-2H3. The molecule has 13 heavy (non-hydrogen) atoms. The monoisotopic (exact) mass is 185 g/mol. The van der Waals surface area contributed by atoms with Gasteiger partial charge in [-0.2, -0.15) is 0 Å². The second kappa shape index (κ2) is 11.7. The Morgan fingerprint density at radius 2 is 1.92 bits per heavy atom. The fourth-order valence-electron chi connectivity index (χ4n) is 1.11. The van der Waals surface area contributed by atoms with Crippen molar-refractivity contribution in [2.75, 3.05) is 26.8 Å². The van der Waals surface area contributed by atoms with Crippen LogP contribution in [0.2, 0.25) is 0 Å². The Bertz CT molecular complexity index is 113. The zero-order valence-corrected chi connectivity index (χ0v) is 9.01. The Balaban J connectivity index is 2.83. The summed E-state index contributed by atoms with van der Waals surface area (Å²) < 4.78 is 5.38. The summed E-state index contributed by atoms with van der Waals surface area (Å²) in [6, 6.07) is 0. The predicted molar refractivity (Wildman–Crippen MR) is 58.0 cm³/mol. The highest BCUT2D eigenvalue weighted by atomic mass is 16.5. The molecule has 0 aliphatic heterocycles. The van der Waals surface area contributed by atoms with Crippen LogP contribution >= 0.6 is 0 Å². The molecule has 0 unspecified atom stereocenters. The number of allylic oxidation sites excluding steroid dienone is 1. The number of unbranched alkanes of at least 4 members (excludes halogenated alkanes) is 3. The quantitative estimate of drug-likeness (QED) is 0.440. The number of hydrogen-bond donors (Lipinski definition) is 1. The molecule has 0 aliphatic rings. The highest BCUT2D eigenvalue weighted by Crippen LogP contribution is 1.98. The van der Waals surface area contributed by atoms with Crippen molar-refractivity contribution in [2.24, 2.45) is 0 Å². The van der Waals surface area contributed by atoms with Gasteiger partial charge in [0.1, 0.15) is 0 Å². The van der Waals surface area contributed by atoms with Crippen molar-refractivity contribution in [1.82, 2.24) is 5.32 Å². The van der Waals surface area contributed by atoms with E-state index in [1.807, 2.05) is 26.1 Å². The summed E-state index contributed by atoms with van der Waals surface area (Å²) in [7, 11) is 2.00. The van der Waals surface area contributed by atoms with Gasteiger partial charge < -0.3 is 10.1 Å². The maximum Gasteiger partial charge on any atom is 0.0647 e. The van der Waals surface area contributed by atoms with E-state index in [1.165, 1.54) is 25.7 Å². The van der Waals surface area contributed by atoms with Crippen LogP contribution in [0.25, 0.3) is 0 Å². The van der Waals surface area contributed by atoms with Crippen LogP contribution in [0.1, 0.15) is 32.6 Å². The van der Waals surface area contributed by atoms with Gasteiger partial charge in [-0.15, -0.1) is 0 Å². The van der Waals surface area contributed by atoms with E-state index in [-0.39, 0.29) is 0 Å². The molecule has 0 radical (unpaired) electrons. The van der Waals surface area contributed by atoms with E-state index in [0.29, 0.717) is 0 Å². The van der Waals surface area contributed by atoms with Gasteiger partial charge in [0.15, 0.2) is 0 Å². The summed E-state index contributed by atoms with van der Waals surface area (Å²) in [6.07, 6.45) is 9.14. The molecule has 0 bridgehead atoms. The molecule has 0 atom stereocenters. The third kappa shape index (κ3) is 11.7. The maximum absolute atomic E-state index is 5.38. The lowest BCUT2D eigenvalue weighted by molar-refractivity contribution is 0.157. The Morgan fingerprint density at radius 1 is 1.15 bits per heavy atom. The van der Waals surface area contributed by atoms with Crippen molar-refractivity contribution in [2.45, 2.75) is 32.6 Å². The van der Waals surface area contributed by atoms with Gasteiger partial charge in [0.05, 0.1) is 6.61 Å². The van der Waals surface area contributed by atoms with E-state index in [4.69, 9.17) is 4.74 Å². The van der Waals surface area contributed by atoms with E-state index >= 15 is 0 Å². The first-order valence-electron chi connectivity index (χ1n) is 5.25. The average molecular weight is 185 g/mol. The first kappa shape index (κ1) is 12.7. The van der Waals surface area contributed by atoms with Crippen molar-refractivity contribution < 1.29 is 4.74 Å². The molecule has 78 valence electrons. The molecule has 0 heterocycles. The lowest BCUT2D eigenvalue weighted by Gasteiger charge is -2.01. The molecule has 0 rings (SSSR count). The van der Waals surface area contributed by atoms with E-state index in [1.54, 1.807) is 0 Å². The normalized spacial score (nSPS) is 11.2. The van der Waals surface area contributed by atoms with E-state index in [0.717, 1.165) is 19.8 Å². The van der Waals surface area contributed by atoms with Gasteiger partial charge in [-0.1, -0.05) is 25.0 Å². The van der Waals surface area contributed by atoms with Crippen LogP contribution in [0.5, 0.6) is 0 Å². The topological polar surface area (TPSA) is 21.3 Å². The zero-order chi connectivity index (χ0) is 9.78. The van der Waals surface area contributed by atoms with Crippen LogP contribution in [-0.4, -0.2) is 26.8 Å². The van der Waals surface area contributed by atoms with Crippen LogP contribution in [-0.2, 0) is 4.74 Å². The smallest absolute Gasteiger partial charge is 0.0647 e. The minimum Gasteiger partial charge on any atom is -0.377 e. The van der Waals surface area contributed by atoms with Crippen molar-refractivity contribution in [3.8, 4) is 0 Å². The zero-order valence-electron chi connectivity index (χ0n) is 9.01. The third-order valence-electron chi connectivity index (χ3n) is 1.92. The Morgan fingerprint density at radius 3 is 2.62 bits per heavy atom. The van der Waals surface area contributed by atoms with Gasteiger partial charge in [0.2, 0.25) is 0 Å². The minimum absolute atomic E-state index is 0.771. The highest BCUT2D eigenvalue weighted by molar-refractivity contribution is 4.75. The molecule has 0 aromatic carbocycles. The van der Waals surface area contributed by atoms with Gasteiger partial charge in [-0.05, 0) is 33.4 Å². The van der Waals surface area contributed by atoms with Crippen LogP contribution < -0.4 is 5.32 Å². The SMILES string of the molecule is CC=CCOCCCCCCNC. The molecule has 1 N–H and O–H groups in total. The first-order chi connectivity index (χ1) is 6.41. The number of hydrogen-bond acceptors (Lipinski definition) is 2. The number of ether oxygens (including phenoxy) is 1. The Kier molecular flexibility index (Phi) is 11.4. The minimum atomic E-state index is 0.771. The summed E-state index contributed by atoms with van der Waals surface area (Å²) in [4.78, 5) is 0. The van der Waals surface area contributed by atoms with Gasteiger partial charge in [-0.3, -0.25) is 0 Å². The first-order valence-corrected chi connectivity index (χ1v) is 5.25. The molecule has 0 amide bonds. The second-order valence-corrected chi connectivity index (χ2v) is 3.16. The van der Waals surface area contributed by atoms with Crippen LogP contribution in [0.3, 0.4) is 0 Å². The molecule has 2 heteroatoms. The van der Waals surface area contributed by atoms with Crippen LogP contribution in [0, 0.1) is 0 Å². The largest absolute Gasteiger partial charge is 0.377 e. The lowest BCUT2D eigenvalue weighted by atomic mass is 10.2. The van der Waals surface area contributed by atoms with Crippen molar-refractivity contribution >= 4 is 0 Å². The third-order valence-corrected chi connectivity index (χ3v) is 1.92. The fraction of sp³-hybridized carbons (Fsp3) is 0.818. The molecule has 2 nitrogen and oxygen atoms in total. The Labute approximate surface area is 82.4 Å². The van der Waals surface area contributed by atoms with Gasteiger partial charge >= 0.3 is 0 Å². The van der Waals surface area contributed by atoms with Crippen molar-refractivity contribution in [3.63, 3.8) is 0 Å². The average Bonchev–Trinajstić information content (AvgIpc) is 2.16. The summed E-state index contributed by atoms with van der Waals surface area (Å²) in [5, 5.41) is 3.15. The second-order valence-electron chi connectivity index (χ2n) is 3.16. The molecular formula is C11H23NO. The molecular weight excluding hydrogens is 162 g/mol. The maximum atomic E-state index is 5.38. The summed E-state index contributed by atoms with van der Waals surface area (Å²) in [5.74, 6) is 0. The molecule has 0 aliphatic carbocycles. The van der Waals surface area contributed by atoms with Crippen LogP contribution in [0.15, 0.2) is 12.2 Å². The van der Waals surface area contributed by atoms with E-state index in [2.05, 4.69) is 5.32 Å². The lowest BCUT2D eigenvalue weighted by Crippen LogP contribution is -2.07. The van der Waals surface area contributed by atoms with Gasteiger partial charge in [0, 0.05) is 6.61 Å². The molecule has 0 spiro atoms. The molecule has 0 saturated carbocycles. The molecule has 0 fully saturated rings. The van der Waals surface area contributed by atoms with E-state index < -0.39 is 0 Å².